The molecule has 1 aliphatic heterocycles. The molecule has 0 bridgehead atoms. The van der Waals surface area contributed by atoms with E-state index in [1.54, 1.807) is 24.1 Å². The number of rotatable bonds is 4. The number of nitrogens with zero attached hydrogens (tertiary/aromatic N) is 2. The minimum absolute atomic E-state index is 0.128. The molecule has 2 rings (SSSR count). The van der Waals surface area contributed by atoms with Crippen LogP contribution in [0.25, 0.3) is 0 Å². The van der Waals surface area contributed by atoms with E-state index in [4.69, 9.17) is 16.0 Å². The van der Waals surface area contributed by atoms with E-state index in [-0.39, 0.29) is 11.1 Å². The molecular formula is C12H18ClN3O2. The molecule has 5 nitrogen and oxygen atoms in total. The van der Waals surface area contributed by atoms with Crippen LogP contribution >= 0.6 is 11.6 Å². The Morgan fingerprint density at radius 1 is 1.50 bits per heavy atom. The van der Waals surface area contributed by atoms with Crippen LogP contribution < -0.4 is 5.32 Å². The number of hydrogen-bond donors (Lipinski definition) is 1. The van der Waals surface area contributed by atoms with Gasteiger partial charge in [-0.15, -0.1) is 0 Å². The number of likely N-dealkylation sites (N-methyl/N-ethyl adjacent to an activating group) is 1. The second-order valence-corrected chi connectivity index (χ2v) is 4.79. The maximum Gasteiger partial charge on any atom is 0.289 e. The first-order valence-corrected chi connectivity index (χ1v) is 6.48. The van der Waals surface area contributed by atoms with E-state index in [2.05, 4.69) is 10.2 Å². The lowest BCUT2D eigenvalue weighted by Crippen LogP contribution is -2.46. The Bertz CT molecular complexity index is 402. The van der Waals surface area contributed by atoms with Crippen molar-refractivity contribution < 1.29 is 9.21 Å². The minimum Gasteiger partial charge on any atom is -0.440 e. The van der Waals surface area contributed by atoms with Gasteiger partial charge in [0.15, 0.2) is 11.0 Å². The van der Waals surface area contributed by atoms with Gasteiger partial charge in [0.25, 0.3) is 5.91 Å². The van der Waals surface area contributed by atoms with Crippen molar-refractivity contribution in [1.29, 1.82) is 0 Å². The van der Waals surface area contributed by atoms with Crippen LogP contribution in [0, 0.1) is 0 Å². The summed E-state index contributed by atoms with van der Waals surface area (Å²) in [5, 5.41) is 3.55. The zero-order valence-electron chi connectivity index (χ0n) is 10.5. The molecular weight excluding hydrogens is 254 g/mol. The molecule has 0 radical (unpaired) electrons. The van der Waals surface area contributed by atoms with Crippen LogP contribution in [0.5, 0.6) is 0 Å². The molecule has 2 heterocycles. The van der Waals surface area contributed by atoms with E-state index in [1.807, 2.05) is 0 Å². The third-order valence-electron chi connectivity index (χ3n) is 3.09. The van der Waals surface area contributed by atoms with E-state index in [9.17, 15) is 4.79 Å². The van der Waals surface area contributed by atoms with Gasteiger partial charge < -0.3 is 14.6 Å². The zero-order chi connectivity index (χ0) is 13.0. The third kappa shape index (κ3) is 3.48. The summed E-state index contributed by atoms with van der Waals surface area (Å²) in [5.41, 5.74) is 0. The van der Waals surface area contributed by atoms with Crippen LogP contribution in [0.3, 0.4) is 0 Å². The molecule has 1 saturated heterocycles. The number of nitrogens with one attached hydrogen (secondary N) is 1. The molecule has 0 unspecified atom stereocenters. The first-order valence-electron chi connectivity index (χ1n) is 6.10. The third-order valence-corrected chi connectivity index (χ3v) is 3.30. The average Bonchev–Trinajstić information content (AvgIpc) is 2.83. The molecule has 0 saturated carbocycles. The molecule has 100 valence electrons. The van der Waals surface area contributed by atoms with E-state index >= 15 is 0 Å². The second-order valence-electron chi connectivity index (χ2n) is 4.42. The highest BCUT2D eigenvalue weighted by molar-refractivity contribution is 6.29. The van der Waals surface area contributed by atoms with Crippen molar-refractivity contribution in [2.45, 2.75) is 0 Å². The fourth-order valence-electron chi connectivity index (χ4n) is 1.95. The molecule has 1 aromatic rings. The summed E-state index contributed by atoms with van der Waals surface area (Å²) in [6, 6.07) is 3.19. The summed E-state index contributed by atoms with van der Waals surface area (Å²) in [5.74, 6) is 0.167. The summed E-state index contributed by atoms with van der Waals surface area (Å²) in [4.78, 5) is 16.0. The molecule has 1 amide bonds. The van der Waals surface area contributed by atoms with Crippen molar-refractivity contribution in [1.82, 2.24) is 15.1 Å². The van der Waals surface area contributed by atoms with Gasteiger partial charge in [0, 0.05) is 46.3 Å². The van der Waals surface area contributed by atoms with Crippen LogP contribution in [-0.2, 0) is 0 Å². The van der Waals surface area contributed by atoms with E-state index in [0.29, 0.717) is 12.3 Å². The van der Waals surface area contributed by atoms with Gasteiger partial charge in [0.1, 0.15) is 0 Å². The fraction of sp³-hybridized carbons (Fsp3) is 0.583. The summed E-state index contributed by atoms with van der Waals surface area (Å²) in [6.45, 7) is 5.69. The number of carbonyl (C=O) groups excluding carboxylic acids is 1. The largest absolute Gasteiger partial charge is 0.440 e. The second kappa shape index (κ2) is 6.22. The molecule has 1 aromatic heterocycles. The number of piperazine rings is 1. The fourth-order valence-corrected chi connectivity index (χ4v) is 2.09. The van der Waals surface area contributed by atoms with Gasteiger partial charge in [0.05, 0.1) is 0 Å². The highest BCUT2D eigenvalue weighted by atomic mass is 35.5. The molecule has 0 spiro atoms. The minimum atomic E-state index is -0.128. The van der Waals surface area contributed by atoms with Gasteiger partial charge in [0.2, 0.25) is 0 Å². The quantitative estimate of drug-likeness (QED) is 0.884. The van der Waals surface area contributed by atoms with Crippen molar-refractivity contribution in [3.63, 3.8) is 0 Å². The summed E-state index contributed by atoms with van der Waals surface area (Å²) in [7, 11) is 1.78. The number of amides is 1. The summed E-state index contributed by atoms with van der Waals surface area (Å²) in [6.07, 6.45) is 0. The topological polar surface area (TPSA) is 48.7 Å². The molecule has 1 N–H and O–H groups in total. The van der Waals surface area contributed by atoms with Crippen LogP contribution in [0.4, 0.5) is 0 Å². The lowest BCUT2D eigenvalue weighted by Gasteiger charge is -2.28. The predicted octanol–water partition coefficient (Wildman–Crippen LogP) is 0.910. The van der Waals surface area contributed by atoms with Gasteiger partial charge in [-0.05, 0) is 23.7 Å². The lowest BCUT2D eigenvalue weighted by atomic mass is 10.3. The number of furan rings is 1. The molecule has 6 heteroatoms. The van der Waals surface area contributed by atoms with Crippen molar-refractivity contribution in [3.05, 3.63) is 23.1 Å². The van der Waals surface area contributed by atoms with Crippen LogP contribution in [0.15, 0.2) is 16.5 Å². The van der Waals surface area contributed by atoms with Crippen molar-refractivity contribution >= 4 is 17.5 Å². The van der Waals surface area contributed by atoms with Crippen LogP contribution in [0.2, 0.25) is 5.22 Å². The molecule has 1 fully saturated rings. The van der Waals surface area contributed by atoms with E-state index in [1.165, 1.54) is 0 Å². The van der Waals surface area contributed by atoms with Crippen molar-refractivity contribution in [3.8, 4) is 0 Å². The SMILES string of the molecule is CN(CCN1CCNCC1)C(=O)c1ccc(Cl)o1. The normalized spacial score (nSPS) is 16.8. The smallest absolute Gasteiger partial charge is 0.289 e. The number of halogens is 1. The Morgan fingerprint density at radius 2 is 2.22 bits per heavy atom. The van der Waals surface area contributed by atoms with Crippen molar-refractivity contribution in [2.75, 3.05) is 46.3 Å². The Morgan fingerprint density at radius 3 is 2.83 bits per heavy atom. The molecule has 18 heavy (non-hydrogen) atoms. The van der Waals surface area contributed by atoms with E-state index < -0.39 is 0 Å². The highest BCUT2D eigenvalue weighted by Gasteiger charge is 2.17. The van der Waals surface area contributed by atoms with Gasteiger partial charge in [-0.1, -0.05) is 0 Å². The Labute approximate surface area is 112 Å². The standard InChI is InChI=1S/C12H18ClN3O2/c1-15(8-9-16-6-4-14-5-7-16)12(17)10-2-3-11(13)18-10/h2-3,14H,4-9H2,1H3. The summed E-state index contributed by atoms with van der Waals surface area (Å²) >= 11 is 5.66. The predicted molar refractivity (Wildman–Crippen MR) is 70.0 cm³/mol. The number of hydrogen-bond acceptors (Lipinski definition) is 4. The summed E-state index contributed by atoms with van der Waals surface area (Å²) < 4.78 is 5.11. The molecule has 0 atom stereocenters. The maximum absolute atomic E-state index is 12.0. The van der Waals surface area contributed by atoms with Gasteiger partial charge in [-0.3, -0.25) is 9.69 Å². The van der Waals surface area contributed by atoms with Gasteiger partial charge >= 0.3 is 0 Å². The Kier molecular flexibility index (Phi) is 4.63. The lowest BCUT2D eigenvalue weighted by molar-refractivity contribution is 0.0743. The van der Waals surface area contributed by atoms with Crippen LogP contribution in [0.1, 0.15) is 10.6 Å². The highest BCUT2D eigenvalue weighted by Crippen LogP contribution is 2.14. The monoisotopic (exact) mass is 271 g/mol. The number of carbonyl (C=O) groups is 1. The van der Waals surface area contributed by atoms with E-state index in [0.717, 1.165) is 32.7 Å². The van der Waals surface area contributed by atoms with Gasteiger partial charge in [-0.2, -0.15) is 0 Å². The van der Waals surface area contributed by atoms with Crippen LogP contribution in [-0.4, -0.2) is 62.0 Å². The Balaban J connectivity index is 1.80. The zero-order valence-corrected chi connectivity index (χ0v) is 11.2. The molecule has 1 aliphatic rings. The van der Waals surface area contributed by atoms with Gasteiger partial charge in [-0.25, -0.2) is 0 Å². The first-order chi connectivity index (χ1) is 8.66. The average molecular weight is 272 g/mol. The Hall–Kier alpha value is -1.04. The van der Waals surface area contributed by atoms with Crippen molar-refractivity contribution in [2.24, 2.45) is 0 Å². The molecule has 0 aliphatic carbocycles. The molecule has 0 aromatic carbocycles. The first kappa shape index (κ1) is 13.4. The maximum atomic E-state index is 12.0.